The first kappa shape index (κ1) is 28.9. The Kier molecular flexibility index (Phi) is 9.09. The Hall–Kier alpha value is -3.63. The fraction of sp³-hybridized carbons (Fsp3) is 0.500. The average molecular weight is 554 g/mol. The Balaban J connectivity index is 1.37. The molecule has 2 saturated heterocycles. The number of carbonyl (C=O) groups is 1. The maximum atomic E-state index is 13.5. The number of aromatic nitrogens is 2. The molecule has 0 radical (unpaired) electrons. The highest BCUT2D eigenvalue weighted by atomic mass is 16.5. The number of ether oxygens (including phenoxy) is 1. The second-order valence-electron chi connectivity index (χ2n) is 11.7. The molecule has 7 heteroatoms. The van der Waals surface area contributed by atoms with Crippen LogP contribution in [0.1, 0.15) is 80.1 Å². The van der Waals surface area contributed by atoms with E-state index in [-0.39, 0.29) is 5.91 Å². The molecular weight excluding hydrogens is 510 g/mol. The molecule has 3 heterocycles. The number of hydrogen-bond donors (Lipinski definition) is 0. The van der Waals surface area contributed by atoms with Gasteiger partial charge in [-0.25, -0.2) is 4.98 Å². The number of piperidine rings is 1. The fourth-order valence-corrected chi connectivity index (χ4v) is 6.54. The van der Waals surface area contributed by atoms with Gasteiger partial charge < -0.3 is 19.1 Å². The van der Waals surface area contributed by atoms with Crippen LogP contribution in [-0.2, 0) is 23.2 Å². The Bertz CT molecular complexity index is 1400. The number of nitrogens with zero attached hydrogens (tertiary/aromatic N) is 5. The number of rotatable bonds is 9. The van der Waals surface area contributed by atoms with Crippen molar-refractivity contribution < 1.29 is 9.53 Å². The summed E-state index contributed by atoms with van der Waals surface area (Å²) < 4.78 is 8.66. The molecule has 2 aliphatic rings. The van der Waals surface area contributed by atoms with Gasteiger partial charge in [0.2, 0.25) is 5.91 Å². The zero-order valence-electron chi connectivity index (χ0n) is 24.9. The van der Waals surface area contributed by atoms with Crippen LogP contribution >= 0.6 is 0 Å². The number of carbonyl (C=O) groups excluding carboxylic acids is 1. The highest BCUT2D eigenvalue weighted by Crippen LogP contribution is 2.39. The van der Waals surface area contributed by atoms with E-state index in [2.05, 4.69) is 27.4 Å². The molecule has 0 N–H and O–H groups in total. The molecule has 0 aliphatic carbocycles. The molecule has 0 bridgehead atoms. The Morgan fingerprint density at radius 3 is 2.63 bits per heavy atom. The van der Waals surface area contributed by atoms with Crippen LogP contribution in [0.3, 0.4) is 0 Å². The van der Waals surface area contributed by atoms with Crippen molar-refractivity contribution in [2.75, 3.05) is 33.2 Å². The monoisotopic (exact) mass is 553 g/mol. The van der Waals surface area contributed by atoms with Crippen LogP contribution in [-0.4, -0.2) is 58.5 Å². The van der Waals surface area contributed by atoms with E-state index in [1.54, 1.807) is 0 Å². The van der Waals surface area contributed by atoms with E-state index in [1.165, 1.54) is 38.0 Å². The van der Waals surface area contributed by atoms with E-state index in [0.29, 0.717) is 23.6 Å². The van der Waals surface area contributed by atoms with Crippen molar-refractivity contribution in [2.24, 2.45) is 0 Å². The maximum absolute atomic E-state index is 13.5. The summed E-state index contributed by atoms with van der Waals surface area (Å²) in [5.41, 5.74) is 3.21. The third-order valence-electron chi connectivity index (χ3n) is 9.10. The highest BCUT2D eigenvalue weighted by molar-refractivity contribution is 5.88. The highest BCUT2D eigenvalue weighted by Gasteiger charge is 2.41. The molecule has 0 spiro atoms. The van der Waals surface area contributed by atoms with E-state index < -0.39 is 5.41 Å². The molecule has 1 aromatic heterocycles. The Morgan fingerprint density at radius 1 is 1.05 bits per heavy atom. The van der Waals surface area contributed by atoms with Gasteiger partial charge in [-0.2, -0.15) is 5.26 Å². The zero-order valence-corrected chi connectivity index (χ0v) is 24.9. The van der Waals surface area contributed by atoms with Gasteiger partial charge in [0, 0.05) is 45.0 Å². The molecule has 5 rings (SSSR count). The lowest BCUT2D eigenvalue weighted by atomic mass is 9.73. The van der Waals surface area contributed by atoms with Crippen molar-refractivity contribution in [2.45, 2.75) is 77.2 Å². The summed E-state index contributed by atoms with van der Waals surface area (Å²) in [4.78, 5) is 22.5. The molecule has 2 aliphatic heterocycles. The van der Waals surface area contributed by atoms with E-state index in [0.717, 1.165) is 62.1 Å². The Labute approximate surface area is 244 Å². The van der Waals surface area contributed by atoms with Gasteiger partial charge in [-0.1, -0.05) is 38.0 Å². The summed E-state index contributed by atoms with van der Waals surface area (Å²) in [6, 6.07) is 16.0. The van der Waals surface area contributed by atoms with Crippen molar-refractivity contribution in [1.29, 1.82) is 5.26 Å². The minimum Gasteiger partial charge on any atom is -0.456 e. The lowest BCUT2D eigenvalue weighted by molar-refractivity contribution is -0.135. The molecule has 0 saturated carbocycles. The van der Waals surface area contributed by atoms with Gasteiger partial charge in [-0.3, -0.25) is 4.79 Å². The molecule has 41 heavy (non-hydrogen) atoms. The maximum Gasteiger partial charge on any atom is 0.232 e. The quantitative estimate of drug-likeness (QED) is 0.314. The SMILES string of the molecule is CCC1(c2cccc(Oc3cc(Cn4c(CCN5CCCCC5)cnc4C)ccc3C#N)c2)CCCCN(C)C1=O. The minimum absolute atomic E-state index is 0.182. The van der Waals surface area contributed by atoms with E-state index in [1.807, 2.05) is 67.5 Å². The third-order valence-corrected chi connectivity index (χ3v) is 9.10. The number of likely N-dealkylation sites (N-methyl/N-ethyl adjacent to an activating group) is 1. The van der Waals surface area contributed by atoms with Gasteiger partial charge in [0.25, 0.3) is 0 Å². The topological polar surface area (TPSA) is 74.4 Å². The zero-order chi connectivity index (χ0) is 28.8. The van der Waals surface area contributed by atoms with Crippen molar-refractivity contribution in [3.8, 4) is 17.6 Å². The average Bonchev–Trinajstić information content (AvgIpc) is 3.27. The number of benzene rings is 2. The lowest BCUT2D eigenvalue weighted by Crippen LogP contribution is -2.43. The second-order valence-corrected chi connectivity index (χ2v) is 11.7. The predicted octanol–water partition coefficient (Wildman–Crippen LogP) is 6.22. The second kappa shape index (κ2) is 12.9. The first-order valence-corrected chi connectivity index (χ1v) is 15.2. The molecule has 216 valence electrons. The number of aryl methyl sites for hydroxylation is 1. The van der Waals surface area contributed by atoms with Gasteiger partial charge in [0.05, 0.1) is 11.0 Å². The standard InChI is InChI=1S/C34H43N5O2/c1-4-34(16-6-9-17-37(3)33(34)40)29-11-10-12-31(22-29)41-32-21-27(13-14-28(32)23-35)25-39-26(2)36-24-30(39)15-20-38-18-7-5-8-19-38/h10-14,21-22,24H,4-9,15-20,25H2,1-3H3. The van der Waals surface area contributed by atoms with Crippen LogP contribution in [0.4, 0.5) is 0 Å². The van der Waals surface area contributed by atoms with Crippen LogP contribution in [0.15, 0.2) is 48.7 Å². The Morgan fingerprint density at radius 2 is 1.85 bits per heavy atom. The largest absolute Gasteiger partial charge is 0.456 e. The van der Waals surface area contributed by atoms with Crippen molar-refractivity contribution in [1.82, 2.24) is 19.4 Å². The summed E-state index contributed by atoms with van der Waals surface area (Å²) in [5.74, 6) is 2.34. The van der Waals surface area contributed by atoms with Crippen LogP contribution in [0, 0.1) is 18.3 Å². The first-order valence-electron chi connectivity index (χ1n) is 15.2. The van der Waals surface area contributed by atoms with E-state index >= 15 is 0 Å². The molecule has 1 unspecified atom stereocenters. The normalized spacial score (nSPS) is 20.0. The van der Waals surface area contributed by atoms with Crippen molar-refractivity contribution >= 4 is 5.91 Å². The summed E-state index contributed by atoms with van der Waals surface area (Å²) in [6.07, 6.45) is 10.5. The molecule has 1 atom stereocenters. The molecule has 3 aromatic rings. The summed E-state index contributed by atoms with van der Waals surface area (Å²) in [7, 11) is 1.91. The first-order chi connectivity index (χ1) is 19.9. The number of amides is 1. The molecular formula is C34H43N5O2. The van der Waals surface area contributed by atoms with Crippen LogP contribution < -0.4 is 4.74 Å². The van der Waals surface area contributed by atoms with Crippen LogP contribution in [0.2, 0.25) is 0 Å². The molecule has 7 nitrogen and oxygen atoms in total. The van der Waals surface area contributed by atoms with Gasteiger partial charge >= 0.3 is 0 Å². The van der Waals surface area contributed by atoms with E-state index in [4.69, 9.17) is 4.74 Å². The minimum atomic E-state index is -0.548. The lowest BCUT2D eigenvalue weighted by Gasteiger charge is -2.33. The van der Waals surface area contributed by atoms with Crippen molar-refractivity contribution in [3.63, 3.8) is 0 Å². The predicted molar refractivity (Wildman–Crippen MR) is 161 cm³/mol. The molecule has 2 aromatic carbocycles. The van der Waals surface area contributed by atoms with Gasteiger partial charge in [-0.05, 0) is 87.5 Å². The number of hydrogen-bond acceptors (Lipinski definition) is 5. The van der Waals surface area contributed by atoms with Crippen LogP contribution in [0.5, 0.6) is 11.5 Å². The molecule has 2 fully saturated rings. The number of nitriles is 1. The summed E-state index contributed by atoms with van der Waals surface area (Å²) in [6.45, 7) is 9.05. The molecule has 1 amide bonds. The van der Waals surface area contributed by atoms with E-state index in [9.17, 15) is 10.1 Å². The number of imidazole rings is 1. The van der Waals surface area contributed by atoms with Gasteiger partial charge in [0.15, 0.2) is 0 Å². The summed E-state index contributed by atoms with van der Waals surface area (Å²) in [5, 5.41) is 9.86. The van der Waals surface area contributed by atoms with Gasteiger partial charge in [0.1, 0.15) is 23.4 Å². The van der Waals surface area contributed by atoms with Crippen molar-refractivity contribution in [3.05, 3.63) is 76.9 Å². The summed E-state index contributed by atoms with van der Waals surface area (Å²) >= 11 is 0. The van der Waals surface area contributed by atoms with Crippen LogP contribution in [0.25, 0.3) is 0 Å². The third kappa shape index (κ3) is 6.33. The van der Waals surface area contributed by atoms with Gasteiger partial charge in [-0.15, -0.1) is 0 Å². The smallest absolute Gasteiger partial charge is 0.232 e. The fourth-order valence-electron chi connectivity index (χ4n) is 6.54. The number of likely N-dealkylation sites (tertiary alicyclic amines) is 2.